The van der Waals surface area contributed by atoms with Crippen LogP contribution in [0.3, 0.4) is 0 Å². The van der Waals surface area contributed by atoms with Crippen LogP contribution < -0.4 is 10.9 Å². The second-order valence-corrected chi connectivity index (χ2v) is 12.0. The Morgan fingerprint density at radius 3 is 1.98 bits per heavy atom. The normalized spacial score (nSPS) is 18.0. The first-order valence-corrected chi connectivity index (χ1v) is 15.2. The van der Waals surface area contributed by atoms with Crippen molar-refractivity contribution >= 4 is 34.9 Å². The van der Waals surface area contributed by atoms with Gasteiger partial charge in [0.1, 0.15) is 6.54 Å². The molecule has 3 aromatic carbocycles. The van der Waals surface area contributed by atoms with Gasteiger partial charge < -0.3 is 19.7 Å². The first-order chi connectivity index (χ1) is 22.6. The number of hydrogen-bond acceptors (Lipinski definition) is 7. The summed E-state index contributed by atoms with van der Waals surface area (Å²) in [5.41, 5.74) is -2.26. The number of anilines is 1. The van der Waals surface area contributed by atoms with Crippen molar-refractivity contribution in [2.24, 2.45) is 5.92 Å². The fraction of sp³-hybridized carbons (Fsp3) is 0.257. The zero-order valence-corrected chi connectivity index (χ0v) is 25.8. The summed E-state index contributed by atoms with van der Waals surface area (Å²) in [7, 11) is 0. The predicted molar refractivity (Wildman–Crippen MR) is 174 cm³/mol. The Hall–Kier alpha value is -5.62. The molecule has 2 atom stereocenters. The first kappa shape index (κ1) is 31.4. The third kappa shape index (κ3) is 5.16. The van der Waals surface area contributed by atoms with Gasteiger partial charge in [0.15, 0.2) is 16.7 Å². The molecular weight excluding hydrogens is 600 g/mol. The summed E-state index contributed by atoms with van der Waals surface area (Å²) in [4.78, 5) is 65.9. The second-order valence-electron chi connectivity index (χ2n) is 12.0. The number of benzene rings is 3. The summed E-state index contributed by atoms with van der Waals surface area (Å²) in [6, 6.07) is 27.4. The number of H-pyrrole nitrogens is 1. The lowest BCUT2D eigenvalue weighted by Crippen LogP contribution is -2.66. The molecule has 12 heteroatoms. The van der Waals surface area contributed by atoms with Gasteiger partial charge in [0, 0.05) is 18.9 Å². The number of fused-ring (bicyclic) bond motifs is 1. The van der Waals surface area contributed by atoms with Gasteiger partial charge in [-0.2, -0.15) is 4.98 Å². The highest BCUT2D eigenvalue weighted by Crippen LogP contribution is 2.54. The van der Waals surface area contributed by atoms with E-state index in [-0.39, 0.29) is 41.9 Å². The molecule has 1 aliphatic heterocycles. The fourth-order valence-corrected chi connectivity index (χ4v) is 6.82. The molecule has 1 saturated heterocycles. The number of aromatic amines is 1. The van der Waals surface area contributed by atoms with E-state index < -0.39 is 41.0 Å². The number of nitrogens with one attached hydrogen (secondary N) is 2. The van der Waals surface area contributed by atoms with Gasteiger partial charge >= 0.3 is 5.97 Å². The Morgan fingerprint density at radius 1 is 0.957 bits per heavy atom. The van der Waals surface area contributed by atoms with Crippen molar-refractivity contribution < 1.29 is 24.6 Å². The number of aliphatic carboxylic acids is 1. The summed E-state index contributed by atoms with van der Waals surface area (Å²) in [5.74, 6) is -2.78. The van der Waals surface area contributed by atoms with Crippen LogP contribution in [0, 0.1) is 5.92 Å². The number of imidazole rings is 1. The molecule has 240 valence electrons. The second kappa shape index (κ2) is 12.3. The summed E-state index contributed by atoms with van der Waals surface area (Å²) in [6.07, 6.45) is -0.156. The smallest absolute Gasteiger partial charge is 0.331 e. The van der Waals surface area contributed by atoms with Crippen molar-refractivity contribution in [1.29, 1.82) is 0 Å². The van der Waals surface area contributed by atoms with E-state index in [0.717, 1.165) is 0 Å². The number of nitrogens with zero attached hydrogens (tertiary/aromatic N) is 4. The molecule has 5 aromatic rings. The van der Waals surface area contributed by atoms with Crippen molar-refractivity contribution in [3.05, 3.63) is 124 Å². The van der Waals surface area contributed by atoms with Crippen LogP contribution in [0.4, 0.5) is 5.95 Å². The number of β-amino-alcohol motifs (C(OH)–C–C–N with tert-alkyl or cyclic N) is 1. The molecule has 1 aliphatic rings. The number of aromatic nitrogens is 4. The van der Waals surface area contributed by atoms with E-state index in [1.807, 2.05) is 91.0 Å². The molecule has 2 amide bonds. The van der Waals surface area contributed by atoms with E-state index in [0.29, 0.717) is 16.7 Å². The van der Waals surface area contributed by atoms with Crippen molar-refractivity contribution in [2.45, 2.75) is 43.9 Å². The van der Waals surface area contributed by atoms with Gasteiger partial charge in [0.2, 0.25) is 17.8 Å². The minimum Gasteiger partial charge on any atom is -0.479 e. The third-order valence-corrected chi connectivity index (χ3v) is 8.83. The Labute approximate surface area is 269 Å². The van der Waals surface area contributed by atoms with Gasteiger partial charge in [-0.25, -0.2) is 9.78 Å². The Kier molecular flexibility index (Phi) is 8.20. The van der Waals surface area contributed by atoms with E-state index in [1.54, 1.807) is 13.8 Å². The van der Waals surface area contributed by atoms with Crippen molar-refractivity contribution in [2.75, 3.05) is 11.9 Å². The van der Waals surface area contributed by atoms with Gasteiger partial charge in [-0.3, -0.25) is 24.7 Å². The maximum absolute atomic E-state index is 14.5. The number of carbonyl (C=O) groups is 3. The molecular formula is C35H34N6O6. The molecule has 0 unspecified atom stereocenters. The molecule has 0 saturated carbocycles. The lowest BCUT2D eigenvalue weighted by atomic mass is 9.56. The number of carboxylic acids is 1. The maximum atomic E-state index is 14.5. The molecule has 12 nitrogen and oxygen atoms in total. The molecule has 0 radical (unpaired) electrons. The van der Waals surface area contributed by atoms with Gasteiger partial charge in [0.25, 0.3) is 5.56 Å². The molecule has 2 aromatic heterocycles. The summed E-state index contributed by atoms with van der Waals surface area (Å²) >= 11 is 0. The average Bonchev–Trinajstić information content (AvgIpc) is 3.64. The predicted octanol–water partition coefficient (Wildman–Crippen LogP) is 3.17. The van der Waals surface area contributed by atoms with E-state index in [4.69, 9.17) is 0 Å². The Balaban J connectivity index is 1.54. The first-order valence-electron chi connectivity index (χ1n) is 15.2. The average molecular weight is 635 g/mol. The number of amides is 2. The van der Waals surface area contributed by atoms with E-state index in [9.17, 15) is 29.4 Å². The topological polar surface area (TPSA) is 171 Å². The molecule has 0 bridgehead atoms. The summed E-state index contributed by atoms with van der Waals surface area (Å²) in [6.45, 7) is 2.68. The van der Waals surface area contributed by atoms with E-state index >= 15 is 0 Å². The number of likely N-dealkylation sites (tertiary alicyclic amines) is 1. The molecule has 0 spiro atoms. The van der Waals surface area contributed by atoms with Crippen LogP contribution in [0.1, 0.15) is 37.0 Å². The lowest BCUT2D eigenvalue weighted by molar-refractivity contribution is -0.160. The van der Waals surface area contributed by atoms with Crippen LogP contribution in [-0.4, -0.2) is 70.6 Å². The van der Waals surface area contributed by atoms with Crippen LogP contribution in [0.25, 0.3) is 11.2 Å². The largest absolute Gasteiger partial charge is 0.479 e. The van der Waals surface area contributed by atoms with Gasteiger partial charge in [0.05, 0.1) is 17.8 Å². The van der Waals surface area contributed by atoms with Crippen molar-refractivity contribution in [3.63, 3.8) is 0 Å². The zero-order valence-electron chi connectivity index (χ0n) is 25.8. The zero-order chi connectivity index (χ0) is 33.3. The highest BCUT2D eigenvalue weighted by atomic mass is 16.4. The lowest BCUT2D eigenvalue weighted by Gasteiger charge is -2.51. The summed E-state index contributed by atoms with van der Waals surface area (Å²) < 4.78 is 1.34. The minimum absolute atomic E-state index is 0.0299. The number of carboxylic acid groups (broad SMARTS) is 1. The van der Waals surface area contributed by atoms with Crippen LogP contribution in [-0.2, 0) is 26.3 Å². The quantitative estimate of drug-likeness (QED) is 0.179. The molecule has 3 heterocycles. The SMILES string of the molecule is CC(C)C(=O)Nc1nc2c(ncn2CC(=O)N2C[C@H](O)C[C@]2(C(=O)O)C(c2ccccc2)(c2ccccc2)c2ccccc2)c(=O)[nH]1. The Bertz CT molecular complexity index is 1900. The number of carbonyl (C=O) groups excluding carboxylic acids is 2. The van der Waals surface area contributed by atoms with Crippen LogP contribution in [0.2, 0.25) is 0 Å². The monoisotopic (exact) mass is 634 g/mol. The van der Waals surface area contributed by atoms with Crippen LogP contribution in [0.15, 0.2) is 102 Å². The number of aliphatic hydroxyl groups excluding tert-OH is 1. The van der Waals surface area contributed by atoms with E-state index in [1.165, 1.54) is 15.8 Å². The molecule has 6 rings (SSSR count). The number of hydrogen-bond donors (Lipinski definition) is 4. The van der Waals surface area contributed by atoms with Crippen molar-refractivity contribution in [3.8, 4) is 0 Å². The highest BCUT2D eigenvalue weighted by molar-refractivity contribution is 5.93. The molecule has 4 N–H and O–H groups in total. The Morgan fingerprint density at radius 2 is 1.49 bits per heavy atom. The number of rotatable bonds is 9. The molecule has 47 heavy (non-hydrogen) atoms. The minimum atomic E-state index is -2.01. The standard InChI is InChI=1S/C35H34N6O6/c1-22(2)30(44)38-33-37-29-28(31(45)39-33)36-21-40(29)20-27(43)41-19-26(42)18-34(41,32(46)47)35(23-12-6-3-7-13-23,24-14-8-4-9-15-24)25-16-10-5-11-17-25/h3-17,21-22,26,42H,18-20H2,1-2H3,(H,46,47)(H2,37,38,39,44,45)/t26-,34+/m1/s1. The van der Waals surface area contributed by atoms with Crippen LogP contribution in [0.5, 0.6) is 0 Å². The highest BCUT2D eigenvalue weighted by Gasteiger charge is 2.67. The van der Waals surface area contributed by atoms with Crippen molar-refractivity contribution in [1.82, 2.24) is 24.4 Å². The van der Waals surface area contributed by atoms with Gasteiger partial charge in [-0.05, 0) is 16.7 Å². The molecule has 0 aliphatic carbocycles. The fourth-order valence-electron chi connectivity index (χ4n) is 6.82. The van der Waals surface area contributed by atoms with E-state index in [2.05, 4.69) is 20.3 Å². The maximum Gasteiger partial charge on any atom is 0.331 e. The third-order valence-electron chi connectivity index (χ3n) is 8.83. The summed E-state index contributed by atoms with van der Waals surface area (Å²) in [5, 5.41) is 25.2. The van der Waals surface area contributed by atoms with Gasteiger partial charge in [-0.15, -0.1) is 0 Å². The van der Waals surface area contributed by atoms with Crippen LogP contribution >= 0.6 is 0 Å². The molecule has 1 fully saturated rings. The number of aliphatic hydroxyl groups is 1. The van der Waals surface area contributed by atoms with Gasteiger partial charge in [-0.1, -0.05) is 105 Å².